The van der Waals surface area contributed by atoms with Crippen molar-refractivity contribution < 1.29 is 10.0 Å². The van der Waals surface area contributed by atoms with Crippen molar-refractivity contribution in [2.75, 3.05) is 11.9 Å². The fourth-order valence-corrected chi connectivity index (χ4v) is 2.14. The Labute approximate surface area is 120 Å². The number of nitro benzene ring substituents is 1. The molecule has 0 aliphatic carbocycles. The van der Waals surface area contributed by atoms with Crippen LogP contribution in [0, 0.1) is 13.7 Å². The molecule has 1 atom stereocenters. The maximum atomic E-state index is 11.0. The largest absolute Gasteiger partial charge is 0.396 e. The predicted octanol–water partition coefficient (Wildman–Crippen LogP) is 3.16. The number of rotatable bonds is 6. The molecule has 0 radical (unpaired) electrons. The van der Waals surface area contributed by atoms with E-state index in [9.17, 15) is 10.1 Å². The van der Waals surface area contributed by atoms with Gasteiger partial charge in [0.15, 0.2) is 0 Å². The SMILES string of the molecule is CCC(C)(CCO)Nc1ccc(I)cc1[N+](=O)[O-]. The van der Waals surface area contributed by atoms with E-state index in [1.54, 1.807) is 6.07 Å². The average molecular weight is 364 g/mol. The molecule has 1 unspecified atom stereocenters. The molecule has 5 nitrogen and oxygen atoms in total. The first kappa shape index (κ1) is 15.2. The number of benzene rings is 1. The van der Waals surface area contributed by atoms with E-state index in [1.165, 1.54) is 6.07 Å². The highest BCUT2D eigenvalue weighted by Gasteiger charge is 2.25. The van der Waals surface area contributed by atoms with E-state index in [0.29, 0.717) is 12.1 Å². The summed E-state index contributed by atoms with van der Waals surface area (Å²) in [5.41, 5.74) is 0.226. The number of nitro groups is 1. The van der Waals surface area contributed by atoms with Crippen molar-refractivity contribution in [2.24, 2.45) is 0 Å². The van der Waals surface area contributed by atoms with Gasteiger partial charge >= 0.3 is 0 Å². The quantitative estimate of drug-likeness (QED) is 0.462. The van der Waals surface area contributed by atoms with Gasteiger partial charge < -0.3 is 10.4 Å². The summed E-state index contributed by atoms with van der Waals surface area (Å²) in [5, 5.41) is 23.3. The molecule has 1 rings (SSSR count). The van der Waals surface area contributed by atoms with Crippen molar-refractivity contribution in [3.63, 3.8) is 0 Å². The molecule has 1 aromatic rings. The van der Waals surface area contributed by atoms with E-state index in [1.807, 2.05) is 42.5 Å². The molecular formula is C12H17IN2O3. The Morgan fingerprint density at radius 2 is 2.22 bits per heavy atom. The maximum absolute atomic E-state index is 11.0. The van der Waals surface area contributed by atoms with Crippen molar-refractivity contribution >= 4 is 34.0 Å². The van der Waals surface area contributed by atoms with Gasteiger partial charge in [-0.15, -0.1) is 0 Å². The topological polar surface area (TPSA) is 75.4 Å². The van der Waals surface area contributed by atoms with Gasteiger partial charge in [-0.1, -0.05) is 6.92 Å². The van der Waals surface area contributed by atoms with Gasteiger partial charge in [-0.3, -0.25) is 10.1 Å². The van der Waals surface area contributed by atoms with Gasteiger partial charge in [-0.2, -0.15) is 0 Å². The summed E-state index contributed by atoms with van der Waals surface area (Å²) in [5.74, 6) is 0. The van der Waals surface area contributed by atoms with Gasteiger partial charge in [0, 0.05) is 21.8 Å². The summed E-state index contributed by atoms with van der Waals surface area (Å²) in [6, 6.07) is 5.08. The van der Waals surface area contributed by atoms with Gasteiger partial charge in [0.1, 0.15) is 5.69 Å². The molecule has 0 bridgehead atoms. The van der Waals surface area contributed by atoms with E-state index in [4.69, 9.17) is 5.11 Å². The number of hydrogen-bond acceptors (Lipinski definition) is 4. The van der Waals surface area contributed by atoms with Crippen LogP contribution in [0.5, 0.6) is 0 Å². The molecule has 0 fully saturated rings. The fraction of sp³-hybridized carbons (Fsp3) is 0.500. The Morgan fingerprint density at radius 1 is 1.56 bits per heavy atom. The first-order valence-electron chi connectivity index (χ1n) is 5.75. The monoisotopic (exact) mass is 364 g/mol. The molecule has 6 heteroatoms. The van der Waals surface area contributed by atoms with Gasteiger partial charge in [-0.05, 0) is 54.5 Å². The van der Waals surface area contributed by atoms with Crippen LogP contribution in [0.15, 0.2) is 18.2 Å². The molecule has 0 saturated carbocycles. The van der Waals surface area contributed by atoms with Crippen LogP contribution in [0.3, 0.4) is 0 Å². The molecule has 0 aromatic heterocycles. The minimum Gasteiger partial charge on any atom is -0.396 e. The summed E-state index contributed by atoms with van der Waals surface area (Å²) >= 11 is 2.05. The zero-order valence-corrected chi connectivity index (χ0v) is 12.6. The van der Waals surface area contributed by atoms with Crippen LogP contribution < -0.4 is 5.32 Å². The zero-order valence-electron chi connectivity index (χ0n) is 10.4. The molecule has 0 aliphatic rings. The molecule has 0 heterocycles. The lowest BCUT2D eigenvalue weighted by Gasteiger charge is -2.30. The Balaban J connectivity index is 3.06. The van der Waals surface area contributed by atoms with Crippen LogP contribution in [0.1, 0.15) is 26.7 Å². The van der Waals surface area contributed by atoms with Gasteiger partial charge in [0.2, 0.25) is 0 Å². The summed E-state index contributed by atoms with van der Waals surface area (Å²) in [7, 11) is 0. The third-order valence-corrected chi connectivity index (χ3v) is 3.71. The van der Waals surface area contributed by atoms with Crippen molar-refractivity contribution in [3.05, 3.63) is 31.9 Å². The van der Waals surface area contributed by atoms with E-state index < -0.39 is 0 Å². The lowest BCUT2D eigenvalue weighted by molar-refractivity contribution is -0.384. The third-order valence-electron chi connectivity index (χ3n) is 3.04. The number of anilines is 1. The van der Waals surface area contributed by atoms with Crippen LogP contribution in [-0.4, -0.2) is 22.2 Å². The molecule has 18 heavy (non-hydrogen) atoms. The average Bonchev–Trinajstić information content (AvgIpc) is 2.31. The number of nitrogens with zero attached hydrogens (tertiary/aromatic N) is 1. The lowest BCUT2D eigenvalue weighted by atomic mass is 9.94. The third kappa shape index (κ3) is 3.81. The molecule has 2 N–H and O–H groups in total. The first-order chi connectivity index (χ1) is 8.41. The number of halogens is 1. The van der Waals surface area contributed by atoms with Crippen LogP contribution in [0.2, 0.25) is 0 Å². The number of nitrogens with one attached hydrogen (secondary N) is 1. The van der Waals surface area contributed by atoms with Crippen molar-refractivity contribution in [2.45, 2.75) is 32.2 Å². The molecular weight excluding hydrogens is 347 g/mol. The van der Waals surface area contributed by atoms with Crippen LogP contribution in [0.25, 0.3) is 0 Å². The predicted molar refractivity (Wildman–Crippen MR) is 79.8 cm³/mol. The number of aliphatic hydroxyl groups is 1. The highest BCUT2D eigenvalue weighted by molar-refractivity contribution is 14.1. The Hall–Kier alpha value is -0.890. The summed E-state index contributed by atoms with van der Waals surface area (Å²) in [4.78, 5) is 10.6. The normalized spacial score (nSPS) is 14.0. The molecule has 1 aromatic carbocycles. The minimum absolute atomic E-state index is 0.0511. The second kappa shape index (κ2) is 6.33. The highest BCUT2D eigenvalue weighted by atomic mass is 127. The highest BCUT2D eigenvalue weighted by Crippen LogP contribution is 2.30. The van der Waals surface area contributed by atoms with Crippen LogP contribution in [-0.2, 0) is 0 Å². The van der Waals surface area contributed by atoms with Crippen molar-refractivity contribution in [1.29, 1.82) is 0 Å². The summed E-state index contributed by atoms with van der Waals surface area (Å²) in [6.07, 6.45) is 1.32. The Kier molecular flexibility index (Phi) is 5.33. The maximum Gasteiger partial charge on any atom is 0.293 e. The minimum atomic E-state index is -0.389. The second-order valence-corrected chi connectivity index (χ2v) is 5.68. The fourth-order valence-electron chi connectivity index (χ4n) is 1.66. The molecule has 0 spiro atoms. The standard InChI is InChI=1S/C12H17IN2O3/c1-3-12(2,6-7-16)14-10-5-4-9(13)8-11(10)15(17)18/h4-5,8,14,16H,3,6-7H2,1-2H3. The summed E-state index contributed by atoms with van der Waals surface area (Å²) < 4.78 is 0.824. The second-order valence-electron chi connectivity index (χ2n) is 4.43. The molecule has 0 amide bonds. The van der Waals surface area contributed by atoms with E-state index in [-0.39, 0.29) is 22.8 Å². The van der Waals surface area contributed by atoms with Gasteiger partial charge in [0.25, 0.3) is 5.69 Å². The van der Waals surface area contributed by atoms with E-state index >= 15 is 0 Å². The molecule has 0 aliphatic heterocycles. The van der Waals surface area contributed by atoms with E-state index in [2.05, 4.69) is 5.32 Å². The molecule has 0 saturated heterocycles. The smallest absolute Gasteiger partial charge is 0.293 e. The van der Waals surface area contributed by atoms with E-state index in [0.717, 1.165) is 9.99 Å². The van der Waals surface area contributed by atoms with Crippen LogP contribution >= 0.6 is 22.6 Å². The van der Waals surface area contributed by atoms with Crippen molar-refractivity contribution in [3.8, 4) is 0 Å². The first-order valence-corrected chi connectivity index (χ1v) is 6.82. The summed E-state index contributed by atoms with van der Waals surface area (Å²) in [6.45, 7) is 3.99. The Morgan fingerprint density at radius 3 is 2.72 bits per heavy atom. The van der Waals surface area contributed by atoms with Gasteiger partial charge in [0.05, 0.1) is 4.92 Å². The van der Waals surface area contributed by atoms with Crippen LogP contribution in [0.4, 0.5) is 11.4 Å². The molecule has 100 valence electrons. The van der Waals surface area contributed by atoms with Crippen molar-refractivity contribution in [1.82, 2.24) is 0 Å². The van der Waals surface area contributed by atoms with Gasteiger partial charge in [-0.25, -0.2) is 0 Å². The number of hydrogen-bond donors (Lipinski definition) is 2. The Bertz CT molecular complexity index is 439. The lowest BCUT2D eigenvalue weighted by Crippen LogP contribution is -2.35. The zero-order chi connectivity index (χ0) is 13.8. The number of aliphatic hydroxyl groups excluding tert-OH is 1.